The van der Waals surface area contributed by atoms with E-state index < -0.39 is 11.1 Å². The number of imide groups is 1. The maximum Gasteiger partial charge on any atom is 0.293 e. The van der Waals surface area contributed by atoms with Crippen molar-refractivity contribution in [1.82, 2.24) is 4.90 Å². The number of rotatable bonds is 4. The Morgan fingerprint density at radius 3 is 2.38 bits per heavy atom. The molecular formula is C18H12BrNO3S. The molecular weight excluding hydrogens is 390 g/mol. The highest BCUT2D eigenvalue weighted by Crippen LogP contribution is 2.32. The van der Waals surface area contributed by atoms with Crippen molar-refractivity contribution in [3.8, 4) is 0 Å². The minimum Gasteiger partial charge on any atom is -0.292 e. The van der Waals surface area contributed by atoms with Crippen LogP contribution in [-0.2, 0) is 4.79 Å². The van der Waals surface area contributed by atoms with Gasteiger partial charge in [-0.25, -0.2) is 0 Å². The number of carbonyl (C=O) groups is 3. The van der Waals surface area contributed by atoms with Crippen LogP contribution in [0.15, 0.2) is 64.0 Å². The zero-order chi connectivity index (χ0) is 17.1. The molecule has 3 rings (SSSR count). The Bertz CT molecular complexity index is 831. The van der Waals surface area contributed by atoms with E-state index in [0.29, 0.717) is 10.5 Å². The van der Waals surface area contributed by atoms with E-state index in [2.05, 4.69) is 15.9 Å². The molecule has 24 heavy (non-hydrogen) atoms. The Hall–Kier alpha value is -2.18. The maximum atomic E-state index is 12.4. The lowest BCUT2D eigenvalue weighted by molar-refractivity contribution is -0.122. The van der Waals surface area contributed by atoms with E-state index in [4.69, 9.17) is 0 Å². The van der Waals surface area contributed by atoms with Crippen molar-refractivity contribution >= 4 is 50.7 Å². The van der Waals surface area contributed by atoms with Crippen LogP contribution < -0.4 is 0 Å². The zero-order valence-corrected chi connectivity index (χ0v) is 14.8. The van der Waals surface area contributed by atoms with Crippen molar-refractivity contribution in [2.45, 2.75) is 0 Å². The van der Waals surface area contributed by atoms with Crippen LogP contribution >= 0.6 is 27.7 Å². The highest BCUT2D eigenvalue weighted by atomic mass is 79.9. The van der Waals surface area contributed by atoms with E-state index in [1.54, 1.807) is 30.3 Å². The summed E-state index contributed by atoms with van der Waals surface area (Å²) in [5, 5.41) is -0.423. The van der Waals surface area contributed by atoms with Crippen LogP contribution in [0.4, 0.5) is 4.79 Å². The van der Waals surface area contributed by atoms with Crippen LogP contribution in [0.1, 0.15) is 15.9 Å². The number of hydrogen-bond donors (Lipinski definition) is 0. The number of nitrogens with zero attached hydrogens (tertiary/aromatic N) is 1. The molecule has 0 unspecified atom stereocenters. The molecule has 2 aromatic carbocycles. The number of hydrogen-bond acceptors (Lipinski definition) is 4. The smallest absolute Gasteiger partial charge is 0.292 e. The van der Waals surface area contributed by atoms with Gasteiger partial charge in [0.2, 0.25) is 0 Å². The second kappa shape index (κ2) is 7.15. The van der Waals surface area contributed by atoms with Crippen molar-refractivity contribution in [1.29, 1.82) is 0 Å². The van der Waals surface area contributed by atoms with Crippen molar-refractivity contribution in [3.63, 3.8) is 0 Å². The van der Waals surface area contributed by atoms with Crippen LogP contribution in [0.25, 0.3) is 6.08 Å². The predicted molar refractivity (Wildman–Crippen MR) is 97.6 cm³/mol. The van der Waals surface area contributed by atoms with Crippen molar-refractivity contribution in [3.05, 3.63) is 75.1 Å². The van der Waals surface area contributed by atoms with Crippen LogP contribution in [0, 0.1) is 0 Å². The molecule has 1 aliphatic rings. The first kappa shape index (κ1) is 16.7. The summed E-state index contributed by atoms with van der Waals surface area (Å²) in [4.78, 5) is 38.1. The largest absolute Gasteiger partial charge is 0.293 e. The highest BCUT2D eigenvalue weighted by Gasteiger charge is 2.36. The van der Waals surface area contributed by atoms with Crippen LogP contribution in [0.5, 0.6) is 0 Å². The molecule has 0 radical (unpaired) electrons. The first-order chi connectivity index (χ1) is 11.5. The monoisotopic (exact) mass is 401 g/mol. The number of Topliss-reactive ketones (excluding diaryl/α,β-unsaturated/α-hetero) is 1. The second-order valence-electron chi connectivity index (χ2n) is 5.11. The van der Waals surface area contributed by atoms with Crippen LogP contribution in [-0.4, -0.2) is 28.4 Å². The fourth-order valence-electron chi connectivity index (χ4n) is 2.21. The molecule has 120 valence electrons. The molecule has 0 spiro atoms. The van der Waals surface area contributed by atoms with E-state index >= 15 is 0 Å². The summed E-state index contributed by atoms with van der Waals surface area (Å²) in [7, 11) is 0. The third-order valence-corrected chi connectivity index (χ3v) is 4.87. The van der Waals surface area contributed by atoms with E-state index in [9.17, 15) is 14.4 Å². The first-order valence-corrected chi connectivity index (χ1v) is 8.75. The summed E-state index contributed by atoms with van der Waals surface area (Å²) in [6.45, 7) is -0.252. The molecule has 1 fully saturated rings. The fourth-order valence-corrected chi connectivity index (χ4v) is 3.31. The number of halogens is 1. The van der Waals surface area contributed by atoms with Gasteiger partial charge in [-0.15, -0.1) is 0 Å². The van der Waals surface area contributed by atoms with Crippen molar-refractivity contribution < 1.29 is 14.4 Å². The van der Waals surface area contributed by atoms with Crippen molar-refractivity contribution in [2.24, 2.45) is 0 Å². The molecule has 1 aliphatic heterocycles. The SMILES string of the molecule is O=C(CN1C(=O)S/C(=C/c2ccccc2)C1=O)c1ccc(Br)cc1. The van der Waals surface area contributed by atoms with E-state index in [0.717, 1.165) is 26.7 Å². The normalized spacial score (nSPS) is 16.0. The highest BCUT2D eigenvalue weighted by molar-refractivity contribution is 9.10. The van der Waals surface area contributed by atoms with Gasteiger partial charge in [0.15, 0.2) is 5.78 Å². The molecule has 2 amide bonds. The van der Waals surface area contributed by atoms with E-state index in [-0.39, 0.29) is 12.3 Å². The molecule has 0 N–H and O–H groups in total. The number of thioether (sulfide) groups is 1. The molecule has 0 aromatic heterocycles. The van der Waals surface area contributed by atoms with E-state index in [1.165, 1.54) is 0 Å². The fraction of sp³-hybridized carbons (Fsp3) is 0.0556. The van der Waals surface area contributed by atoms with Gasteiger partial charge in [0, 0.05) is 10.0 Å². The minimum atomic E-state index is -0.431. The average molecular weight is 402 g/mol. The molecule has 6 heteroatoms. The number of benzene rings is 2. The summed E-state index contributed by atoms with van der Waals surface area (Å²) in [5.41, 5.74) is 1.30. The standard InChI is InChI=1S/C18H12BrNO3S/c19-14-8-6-13(7-9-14)15(21)11-20-17(22)16(24-18(20)23)10-12-4-2-1-3-5-12/h1-10H,11H2/b16-10+. The lowest BCUT2D eigenvalue weighted by atomic mass is 10.1. The Labute approximate surface area is 151 Å². The Morgan fingerprint density at radius 1 is 1.04 bits per heavy atom. The topological polar surface area (TPSA) is 54.5 Å². The second-order valence-corrected chi connectivity index (χ2v) is 7.02. The van der Waals surface area contributed by atoms with Crippen molar-refractivity contribution in [2.75, 3.05) is 6.54 Å². The van der Waals surface area contributed by atoms with Gasteiger partial charge >= 0.3 is 0 Å². The van der Waals surface area contributed by atoms with Crippen LogP contribution in [0.2, 0.25) is 0 Å². The molecule has 2 aromatic rings. The maximum absolute atomic E-state index is 12.4. The Morgan fingerprint density at radius 2 is 1.71 bits per heavy atom. The Kier molecular flexibility index (Phi) is 4.97. The third kappa shape index (κ3) is 3.66. The summed E-state index contributed by atoms with van der Waals surface area (Å²) >= 11 is 4.16. The van der Waals surface area contributed by atoms with E-state index in [1.807, 2.05) is 30.3 Å². The summed E-state index contributed by atoms with van der Waals surface area (Å²) in [5.74, 6) is -0.704. The lowest BCUT2D eigenvalue weighted by Gasteiger charge is -2.11. The third-order valence-electron chi connectivity index (χ3n) is 3.44. The average Bonchev–Trinajstić information content (AvgIpc) is 2.84. The van der Waals surface area contributed by atoms with Gasteiger partial charge < -0.3 is 0 Å². The molecule has 0 saturated carbocycles. The molecule has 1 heterocycles. The predicted octanol–water partition coefficient (Wildman–Crippen LogP) is 4.37. The summed E-state index contributed by atoms with van der Waals surface area (Å²) in [6.07, 6.45) is 1.66. The molecule has 0 bridgehead atoms. The molecule has 0 aliphatic carbocycles. The minimum absolute atomic E-state index is 0.252. The number of amides is 2. The van der Waals surface area contributed by atoms with Crippen LogP contribution in [0.3, 0.4) is 0 Å². The number of ketones is 1. The van der Waals surface area contributed by atoms with Gasteiger partial charge in [-0.1, -0.05) is 58.4 Å². The quantitative estimate of drug-likeness (QED) is 0.563. The summed E-state index contributed by atoms with van der Waals surface area (Å²) < 4.78 is 0.857. The van der Waals surface area contributed by atoms with Gasteiger partial charge in [-0.2, -0.15) is 0 Å². The lowest BCUT2D eigenvalue weighted by Crippen LogP contribution is -2.33. The van der Waals surface area contributed by atoms with Gasteiger partial charge in [0.05, 0.1) is 11.4 Å². The van der Waals surface area contributed by atoms with Gasteiger partial charge in [-0.05, 0) is 35.5 Å². The molecule has 1 saturated heterocycles. The van der Waals surface area contributed by atoms with Gasteiger partial charge in [0.25, 0.3) is 11.1 Å². The van der Waals surface area contributed by atoms with Gasteiger partial charge in [0.1, 0.15) is 0 Å². The summed E-state index contributed by atoms with van der Waals surface area (Å²) in [6, 6.07) is 16.1. The Balaban J connectivity index is 1.76. The number of carbonyl (C=O) groups excluding carboxylic acids is 3. The molecule has 0 atom stereocenters. The van der Waals surface area contributed by atoms with Gasteiger partial charge in [-0.3, -0.25) is 19.3 Å². The molecule has 4 nitrogen and oxygen atoms in total. The zero-order valence-electron chi connectivity index (χ0n) is 12.4. The first-order valence-electron chi connectivity index (χ1n) is 7.14.